The van der Waals surface area contributed by atoms with Crippen molar-refractivity contribution in [3.63, 3.8) is 0 Å². The van der Waals surface area contributed by atoms with Gasteiger partial charge in [-0.1, -0.05) is 44.7 Å². The number of rotatable bonds is 2. The van der Waals surface area contributed by atoms with Crippen molar-refractivity contribution in [2.24, 2.45) is 0 Å². The van der Waals surface area contributed by atoms with Crippen LogP contribution >= 0.6 is 0 Å². The molecule has 3 aromatic rings. The molecule has 5 rings (SSSR count). The van der Waals surface area contributed by atoms with E-state index < -0.39 is 11.6 Å². The molecule has 0 aliphatic carbocycles. The molecule has 0 fully saturated rings. The molecule has 30 heavy (non-hydrogen) atoms. The Morgan fingerprint density at radius 3 is 2.50 bits per heavy atom. The third kappa shape index (κ3) is 2.95. The van der Waals surface area contributed by atoms with Crippen LogP contribution in [0.3, 0.4) is 0 Å². The molecule has 1 spiro atoms. The molecule has 0 bridgehead atoms. The zero-order chi connectivity index (χ0) is 21.3. The minimum atomic E-state index is -0.853. The number of aromatic hydroxyl groups is 1. The van der Waals surface area contributed by atoms with Gasteiger partial charge in [-0.3, -0.25) is 0 Å². The standard InChI is InChI=1S/C23H16O5.C2H6/c1-2-22(25)27-16-8-10-19-21(12-16)28-20-11-15(24)7-9-18(20)23(19)17-6-4-3-5-14(17)13-26-23;1-2/h2-12,24H,1,13H2;1-2H3. The fourth-order valence-electron chi connectivity index (χ4n) is 3.95. The van der Waals surface area contributed by atoms with Crippen molar-refractivity contribution in [3.05, 3.63) is 95.6 Å². The second kappa shape index (κ2) is 7.69. The highest BCUT2D eigenvalue weighted by atomic mass is 16.5. The van der Waals surface area contributed by atoms with E-state index in [1.54, 1.807) is 24.3 Å². The van der Waals surface area contributed by atoms with E-state index in [0.717, 1.165) is 28.3 Å². The molecule has 0 aromatic heterocycles. The molecule has 5 heteroatoms. The number of phenols is 1. The number of fused-ring (bicyclic) bond motifs is 6. The van der Waals surface area contributed by atoms with Gasteiger partial charge in [-0.2, -0.15) is 0 Å². The summed E-state index contributed by atoms with van der Waals surface area (Å²) in [6.07, 6.45) is 1.10. The zero-order valence-corrected chi connectivity index (χ0v) is 16.8. The van der Waals surface area contributed by atoms with Crippen molar-refractivity contribution in [2.45, 2.75) is 26.1 Å². The molecule has 2 aliphatic heterocycles. The van der Waals surface area contributed by atoms with Crippen LogP contribution in [0, 0.1) is 0 Å². The predicted molar refractivity (Wildman–Crippen MR) is 113 cm³/mol. The lowest BCUT2D eigenvalue weighted by atomic mass is 9.77. The summed E-state index contributed by atoms with van der Waals surface area (Å²) in [5, 5.41) is 9.97. The van der Waals surface area contributed by atoms with E-state index in [0.29, 0.717) is 23.9 Å². The number of benzene rings is 3. The summed E-state index contributed by atoms with van der Waals surface area (Å²) in [5.74, 6) is 0.887. The Hall–Kier alpha value is -3.57. The Bertz CT molecular complexity index is 1130. The highest BCUT2D eigenvalue weighted by Gasteiger charge is 2.49. The third-order valence-corrected chi connectivity index (χ3v) is 5.12. The Morgan fingerprint density at radius 1 is 1.03 bits per heavy atom. The van der Waals surface area contributed by atoms with Crippen LogP contribution in [0.5, 0.6) is 23.0 Å². The second-order valence-corrected chi connectivity index (χ2v) is 6.69. The van der Waals surface area contributed by atoms with Gasteiger partial charge in [0.1, 0.15) is 23.0 Å². The topological polar surface area (TPSA) is 65.0 Å². The van der Waals surface area contributed by atoms with Gasteiger partial charge in [0.15, 0.2) is 5.60 Å². The molecular weight excluding hydrogens is 380 g/mol. The highest BCUT2D eigenvalue weighted by Crippen LogP contribution is 2.56. The van der Waals surface area contributed by atoms with E-state index in [4.69, 9.17) is 14.2 Å². The van der Waals surface area contributed by atoms with Crippen molar-refractivity contribution in [1.82, 2.24) is 0 Å². The van der Waals surface area contributed by atoms with Crippen molar-refractivity contribution >= 4 is 5.97 Å². The second-order valence-electron chi connectivity index (χ2n) is 6.69. The highest BCUT2D eigenvalue weighted by molar-refractivity contribution is 5.83. The molecule has 2 aliphatic rings. The lowest BCUT2D eigenvalue weighted by molar-refractivity contribution is -0.128. The minimum absolute atomic E-state index is 0.0953. The average Bonchev–Trinajstić information content (AvgIpc) is 3.15. The van der Waals surface area contributed by atoms with Crippen LogP contribution < -0.4 is 9.47 Å². The molecule has 0 radical (unpaired) electrons. The van der Waals surface area contributed by atoms with Crippen LogP contribution in [-0.4, -0.2) is 11.1 Å². The summed E-state index contributed by atoms with van der Waals surface area (Å²) in [6.45, 7) is 7.87. The molecule has 1 atom stereocenters. The molecule has 1 unspecified atom stereocenters. The summed E-state index contributed by atoms with van der Waals surface area (Å²) in [7, 11) is 0. The molecule has 0 saturated heterocycles. The van der Waals surface area contributed by atoms with Crippen LogP contribution in [0.25, 0.3) is 0 Å². The first-order chi connectivity index (χ1) is 14.6. The first kappa shape index (κ1) is 19.7. The Morgan fingerprint density at radius 2 is 1.73 bits per heavy atom. The average molecular weight is 402 g/mol. The van der Waals surface area contributed by atoms with Crippen LogP contribution in [0.1, 0.15) is 36.1 Å². The van der Waals surface area contributed by atoms with Gasteiger partial charge in [0.2, 0.25) is 0 Å². The Balaban J connectivity index is 0.00000106. The normalized spacial score (nSPS) is 17.5. The van der Waals surface area contributed by atoms with Crippen molar-refractivity contribution in [3.8, 4) is 23.0 Å². The molecule has 3 aromatic carbocycles. The molecule has 1 N–H and O–H groups in total. The number of esters is 1. The quantitative estimate of drug-likeness (QED) is 0.351. The molecule has 0 saturated carbocycles. The lowest BCUT2D eigenvalue weighted by Gasteiger charge is -2.37. The van der Waals surface area contributed by atoms with Crippen LogP contribution in [0.4, 0.5) is 0 Å². The van der Waals surface area contributed by atoms with Crippen molar-refractivity contribution in [2.75, 3.05) is 0 Å². The van der Waals surface area contributed by atoms with E-state index in [9.17, 15) is 9.90 Å². The van der Waals surface area contributed by atoms with E-state index in [1.807, 2.05) is 50.2 Å². The van der Waals surface area contributed by atoms with Crippen molar-refractivity contribution in [1.29, 1.82) is 0 Å². The van der Waals surface area contributed by atoms with E-state index >= 15 is 0 Å². The zero-order valence-electron chi connectivity index (χ0n) is 16.8. The smallest absolute Gasteiger partial charge is 0.335 e. The van der Waals surface area contributed by atoms with E-state index in [2.05, 4.69) is 6.58 Å². The largest absolute Gasteiger partial charge is 0.508 e. The van der Waals surface area contributed by atoms with Gasteiger partial charge in [0, 0.05) is 29.3 Å². The van der Waals surface area contributed by atoms with Crippen LogP contribution in [-0.2, 0) is 21.7 Å². The number of hydrogen-bond donors (Lipinski definition) is 1. The van der Waals surface area contributed by atoms with Crippen LogP contribution in [0.2, 0.25) is 0 Å². The number of carbonyl (C=O) groups is 1. The molecular formula is C25H22O5. The van der Waals surface area contributed by atoms with Gasteiger partial charge in [-0.05, 0) is 35.4 Å². The Labute approximate surface area is 175 Å². The van der Waals surface area contributed by atoms with Gasteiger partial charge in [-0.15, -0.1) is 0 Å². The molecule has 0 amide bonds. The lowest BCUT2D eigenvalue weighted by Crippen LogP contribution is -2.32. The maximum absolute atomic E-state index is 11.6. The van der Waals surface area contributed by atoms with Crippen molar-refractivity contribution < 1.29 is 24.1 Å². The summed E-state index contributed by atoms with van der Waals surface area (Å²) in [5.41, 5.74) is 2.90. The first-order valence-electron chi connectivity index (χ1n) is 9.84. The fraction of sp³-hybridized carbons (Fsp3) is 0.160. The fourth-order valence-corrected chi connectivity index (χ4v) is 3.95. The summed E-state index contributed by atoms with van der Waals surface area (Å²) < 4.78 is 17.7. The van der Waals surface area contributed by atoms with Gasteiger partial charge in [-0.25, -0.2) is 4.79 Å². The monoisotopic (exact) mass is 402 g/mol. The Kier molecular flexibility index (Phi) is 5.06. The number of carbonyl (C=O) groups excluding carboxylic acids is 1. The summed E-state index contributed by atoms with van der Waals surface area (Å²) >= 11 is 0. The van der Waals surface area contributed by atoms with Crippen LogP contribution in [0.15, 0.2) is 73.3 Å². The molecule has 5 nitrogen and oxygen atoms in total. The van der Waals surface area contributed by atoms with E-state index in [1.165, 1.54) is 0 Å². The maximum Gasteiger partial charge on any atom is 0.335 e. The third-order valence-electron chi connectivity index (χ3n) is 5.12. The predicted octanol–water partition coefficient (Wildman–Crippen LogP) is 5.44. The molecule has 2 heterocycles. The number of ether oxygens (including phenoxy) is 3. The van der Waals surface area contributed by atoms with Gasteiger partial charge in [0.05, 0.1) is 6.61 Å². The van der Waals surface area contributed by atoms with Gasteiger partial charge < -0.3 is 19.3 Å². The minimum Gasteiger partial charge on any atom is -0.508 e. The summed E-state index contributed by atoms with van der Waals surface area (Å²) in [4.78, 5) is 11.6. The SMILES string of the molecule is C=CC(=O)Oc1ccc2c(c1)Oc1cc(O)ccc1C21OCc2ccccc21.CC. The maximum atomic E-state index is 11.6. The first-order valence-corrected chi connectivity index (χ1v) is 9.84. The molecule has 152 valence electrons. The number of phenolic OH excluding ortho intramolecular Hbond substituents is 1. The van der Waals surface area contributed by atoms with E-state index in [-0.39, 0.29) is 5.75 Å². The van der Waals surface area contributed by atoms with Gasteiger partial charge in [0.25, 0.3) is 0 Å². The van der Waals surface area contributed by atoms with Gasteiger partial charge >= 0.3 is 5.97 Å². The summed E-state index contributed by atoms with van der Waals surface area (Å²) in [6, 6.07) is 18.3. The number of hydrogen-bond acceptors (Lipinski definition) is 5.